The normalized spacial score (nSPS) is 14.2. The van der Waals surface area contributed by atoms with E-state index in [0.29, 0.717) is 36.1 Å². The zero-order chi connectivity index (χ0) is 13.7. The highest BCUT2D eigenvalue weighted by Gasteiger charge is 2.21. The van der Waals surface area contributed by atoms with Gasteiger partial charge in [0.05, 0.1) is 24.5 Å². The van der Waals surface area contributed by atoms with Crippen LogP contribution in [0, 0.1) is 5.92 Å². The van der Waals surface area contributed by atoms with E-state index in [-0.39, 0.29) is 6.79 Å². The van der Waals surface area contributed by atoms with Crippen LogP contribution in [0.2, 0.25) is 0 Å². The van der Waals surface area contributed by atoms with Crippen LogP contribution in [0.5, 0.6) is 5.75 Å². The van der Waals surface area contributed by atoms with E-state index in [1.54, 1.807) is 18.2 Å². The number of benzene rings is 1. The zero-order valence-electron chi connectivity index (χ0n) is 11.1. The molecule has 104 valence electrons. The summed E-state index contributed by atoms with van der Waals surface area (Å²) in [6.45, 7) is 3.06. The molecule has 1 aromatic rings. The third-order valence-corrected chi connectivity index (χ3v) is 2.87. The van der Waals surface area contributed by atoms with Crippen molar-refractivity contribution in [3.63, 3.8) is 0 Å². The third-order valence-electron chi connectivity index (χ3n) is 2.87. The van der Waals surface area contributed by atoms with Crippen LogP contribution >= 0.6 is 0 Å². The Morgan fingerprint density at radius 2 is 2.21 bits per heavy atom. The van der Waals surface area contributed by atoms with Gasteiger partial charge in [-0.15, -0.1) is 0 Å². The molecule has 1 saturated carbocycles. The van der Waals surface area contributed by atoms with Crippen molar-refractivity contribution in [2.75, 3.05) is 25.7 Å². The highest BCUT2D eigenvalue weighted by atomic mass is 16.7. The van der Waals surface area contributed by atoms with Gasteiger partial charge in [0, 0.05) is 0 Å². The highest BCUT2D eigenvalue weighted by molar-refractivity contribution is 5.90. The third kappa shape index (κ3) is 4.13. The Kier molecular flexibility index (Phi) is 4.63. The van der Waals surface area contributed by atoms with Crippen LogP contribution in [0.3, 0.4) is 0 Å². The lowest BCUT2D eigenvalue weighted by Crippen LogP contribution is -2.10. The minimum Gasteiger partial charge on any atom is -0.492 e. The van der Waals surface area contributed by atoms with Crippen molar-refractivity contribution >= 4 is 11.7 Å². The van der Waals surface area contributed by atoms with Crippen molar-refractivity contribution < 1.29 is 19.0 Å². The summed E-state index contributed by atoms with van der Waals surface area (Å²) in [7, 11) is 0. The van der Waals surface area contributed by atoms with Gasteiger partial charge in [-0.3, -0.25) is 0 Å². The van der Waals surface area contributed by atoms with Crippen LogP contribution in [-0.2, 0) is 9.47 Å². The van der Waals surface area contributed by atoms with Crippen LogP contribution in [0.25, 0.3) is 0 Å². The molecule has 0 bridgehead atoms. The lowest BCUT2D eigenvalue weighted by atomic mass is 10.2. The van der Waals surface area contributed by atoms with Gasteiger partial charge in [-0.2, -0.15) is 0 Å². The van der Waals surface area contributed by atoms with Crippen LogP contribution in [0.1, 0.15) is 30.1 Å². The lowest BCUT2D eigenvalue weighted by molar-refractivity contribution is -0.0344. The van der Waals surface area contributed by atoms with E-state index in [1.807, 2.05) is 6.92 Å². The molecule has 5 heteroatoms. The van der Waals surface area contributed by atoms with Gasteiger partial charge in [0.25, 0.3) is 0 Å². The van der Waals surface area contributed by atoms with E-state index in [9.17, 15) is 4.79 Å². The summed E-state index contributed by atoms with van der Waals surface area (Å²) in [5, 5.41) is 0. The molecule has 1 fully saturated rings. The Bertz CT molecular complexity index is 443. The van der Waals surface area contributed by atoms with E-state index in [2.05, 4.69) is 0 Å². The van der Waals surface area contributed by atoms with E-state index in [1.165, 1.54) is 12.8 Å². The zero-order valence-corrected chi connectivity index (χ0v) is 11.1. The van der Waals surface area contributed by atoms with Crippen molar-refractivity contribution in [3.8, 4) is 5.75 Å². The highest BCUT2D eigenvalue weighted by Crippen LogP contribution is 2.28. The van der Waals surface area contributed by atoms with Gasteiger partial charge in [-0.05, 0) is 43.9 Å². The molecule has 0 aliphatic heterocycles. The van der Waals surface area contributed by atoms with Crippen LogP contribution in [-0.4, -0.2) is 26.0 Å². The number of hydrogen-bond donors (Lipinski definition) is 1. The second-order valence-electron chi connectivity index (χ2n) is 4.55. The maximum absolute atomic E-state index is 11.7. The molecular weight excluding hydrogens is 246 g/mol. The number of carbonyl (C=O) groups is 1. The van der Waals surface area contributed by atoms with Gasteiger partial charge < -0.3 is 19.9 Å². The number of hydrogen-bond acceptors (Lipinski definition) is 5. The molecule has 0 spiro atoms. The number of nitrogen functional groups attached to an aromatic ring is 1. The van der Waals surface area contributed by atoms with E-state index < -0.39 is 5.97 Å². The monoisotopic (exact) mass is 265 g/mol. The fourth-order valence-corrected chi connectivity index (χ4v) is 1.64. The minimum atomic E-state index is -0.439. The number of carbonyl (C=O) groups excluding carboxylic acids is 1. The van der Waals surface area contributed by atoms with Gasteiger partial charge in [0.2, 0.25) is 0 Å². The Morgan fingerprint density at radius 3 is 2.84 bits per heavy atom. The van der Waals surface area contributed by atoms with Crippen LogP contribution in [0.15, 0.2) is 18.2 Å². The molecule has 1 aliphatic carbocycles. The first-order valence-electron chi connectivity index (χ1n) is 6.48. The van der Waals surface area contributed by atoms with Crippen molar-refractivity contribution in [1.82, 2.24) is 0 Å². The molecule has 1 aromatic carbocycles. The Balaban J connectivity index is 1.81. The minimum absolute atomic E-state index is 0.0115. The lowest BCUT2D eigenvalue weighted by Gasteiger charge is -2.09. The summed E-state index contributed by atoms with van der Waals surface area (Å²) in [6, 6.07) is 4.85. The summed E-state index contributed by atoms with van der Waals surface area (Å²) < 4.78 is 15.5. The number of anilines is 1. The molecule has 0 unspecified atom stereocenters. The molecule has 0 saturated heterocycles. The Hall–Kier alpha value is -1.75. The summed E-state index contributed by atoms with van der Waals surface area (Å²) in [5.41, 5.74) is 6.61. The maximum Gasteiger partial charge on any atom is 0.340 e. The number of nitrogens with two attached hydrogens (primary N) is 1. The number of ether oxygens (including phenoxy) is 3. The first-order chi connectivity index (χ1) is 9.20. The molecule has 0 heterocycles. The fraction of sp³-hybridized carbons (Fsp3) is 0.500. The van der Waals surface area contributed by atoms with E-state index in [0.717, 1.165) is 0 Å². The quantitative estimate of drug-likeness (QED) is 0.354. The van der Waals surface area contributed by atoms with Crippen molar-refractivity contribution in [2.45, 2.75) is 19.8 Å². The predicted molar refractivity (Wildman–Crippen MR) is 71.0 cm³/mol. The van der Waals surface area contributed by atoms with Crippen LogP contribution in [0.4, 0.5) is 5.69 Å². The van der Waals surface area contributed by atoms with Gasteiger partial charge in [-0.25, -0.2) is 4.79 Å². The SMILES string of the molecule is CCOc1ccc(C(=O)OCOCC2CC2)cc1N. The van der Waals surface area contributed by atoms with Gasteiger partial charge in [0.15, 0.2) is 6.79 Å². The Labute approximate surface area is 112 Å². The van der Waals surface area contributed by atoms with Crippen molar-refractivity contribution in [2.24, 2.45) is 5.92 Å². The average Bonchev–Trinajstić information content (AvgIpc) is 3.21. The van der Waals surface area contributed by atoms with Gasteiger partial charge >= 0.3 is 5.97 Å². The topological polar surface area (TPSA) is 70.8 Å². The molecule has 2 rings (SSSR count). The molecule has 1 aliphatic rings. The van der Waals surface area contributed by atoms with E-state index in [4.69, 9.17) is 19.9 Å². The molecule has 0 aromatic heterocycles. The second kappa shape index (κ2) is 6.43. The standard InChI is InChI=1S/C14H19NO4/c1-2-18-13-6-5-11(7-12(13)15)14(16)19-9-17-8-10-3-4-10/h5-7,10H,2-4,8-9,15H2,1H3. The number of esters is 1. The number of rotatable bonds is 7. The van der Waals surface area contributed by atoms with Crippen LogP contribution < -0.4 is 10.5 Å². The molecule has 2 N–H and O–H groups in total. The predicted octanol–water partition coefficient (Wildman–Crippen LogP) is 2.21. The largest absolute Gasteiger partial charge is 0.492 e. The first kappa shape index (κ1) is 13.7. The van der Waals surface area contributed by atoms with Crippen molar-refractivity contribution in [3.05, 3.63) is 23.8 Å². The Morgan fingerprint density at radius 1 is 1.42 bits per heavy atom. The fourth-order valence-electron chi connectivity index (χ4n) is 1.64. The van der Waals surface area contributed by atoms with Gasteiger partial charge in [0.1, 0.15) is 5.75 Å². The molecule has 0 amide bonds. The second-order valence-corrected chi connectivity index (χ2v) is 4.55. The summed E-state index contributed by atoms with van der Waals surface area (Å²) >= 11 is 0. The summed E-state index contributed by atoms with van der Waals surface area (Å²) in [5.74, 6) is 0.786. The molecule has 0 atom stereocenters. The summed E-state index contributed by atoms with van der Waals surface area (Å²) in [6.07, 6.45) is 2.42. The smallest absolute Gasteiger partial charge is 0.340 e. The molecular formula is C14H19NO4. The van der Waals surface area contributed by atoms with Gasteiger partial charge in [-0.1, -0.05) is 0 Å². The maximum atomic E-state index is 11.7. The average molecular weight is 265 g/mol. The molecule has 5 nitrogen and oxygen atoms in total. The van der Waals surface area contributed by atoms with Crippen molar-refractivity contribution in [1.29, 1.82) is 0 Å². The summed E-state index contributed by atoms with van der Waals surface area (Å²) in [4.78, 5) is 11.7. The molecule has 0 radical (unpaired) electrons. The first-order valence-corrected chi connectivity index (χ1v) is 6.48. The molecule has 19 heavy (non-hydrogen) atoms. The van der Waals surface area contributed by atoms with E-state index >= 15 is 0 Å².